The summed E-state index contributed by atoms with van der Waals surface area (Å²) in [6.45, 7) is 1.58. The van der Waals surface area contributed by atoms with Crippen LogP contribution >= 0.6 is 11.6 Å². The summed E-state index contributed by atoms with van der Waals surface area (Å²) in [5, 5.41) is 27.3. The van der Waals surface area contributed by atoms with E-state index in [1.165, 1.54) is 0 Å². The summed E-state index contributed by atoms with van der Waals surface area (Å²) in [6.07, 6.45) is -4.06. The van der Waals surface area contributed by atoms with Gasteiger partial charge in [-0.25, -0.2) is 0 Å². The van der Waals surface area contributed by atoms with Crippen molar-refractivity contribution in [3.63, 3.8) is 0 Å². The summed E-state index contributed by atoms with van der Waals surface area (Å²) >= 11 is 5.48. The van der Waals surface area contributed by atoms with Crippen molar-refractivity contribution in [2.75, 3.05) is 0 Å². The first kappa shape index (κ1) is 9.22. The lowest BCUT2D eigenvalue weighted by molar-refractivity contribution is -0.194. The zero-order chi connectivity index (χ0) is 8.59. The second kappa shape index (κ2) is 3.25. The summed E-state index contributed by atoms with van der Waals surface area (Å²) in [5.41, 5.74) is -0.941. The summed E-state index contributed by atoms with van der Waals surface area (Å²) < 4.78 is 4.89. The smallest absolute Gasteiger partial charge is 0.160 e. The van der Waals surface area contributed by atoms with Crippen molar-refractivity contribution in [3.8, 4) is 0 Å². The number of aliphatic hydroxyl groups is 3. The first-order chi connectivity index (χ1) is 5.04. The summed E-state index contributed by atoms with van der Waals surface area (Å²) in [6, 6.07) is 0. The fourth-order valence-electron chi connectivity index (χ4n) is 1.00. The summed E-state index contributed by atoms with van der Waals surface area (Å²) in [5.74, 6) is 0. The van der Waals surface area contributed by atoms with Crippen molar-refractivity contribution in [2.24, 2.45) is 0 Å². The quantitative estimate of drug-likeness (QED) is 0.423. The molecule has 4 nitrogen and oxygen atoms in total. The topological polar surface area (TPSA) is 69.9 Å². The maximum atomic E-state index is 9.14. The van der Waals surface area contributed by atoms with Crippen molar-refractivity contribution in [3.05, 3.63) is 0 Å². The SMILES string of the molecule is CC1OC(Cl)C(O)C(O)C1O. The third-order valence-electron chi connectivity index (χ3n) is 1.79. The minimum atomic E-state index is -1.22. The Hall–Kier alpha value is 0.130. The van der Waals surface area contributed by atoms with Gasteiger partial charge >= 0.3 is 0 Å². The summed E-state index contributed by atoms with van der Waals surface area (Å²) in [7, 11) is 0. The molecule has 0 saturated carbocycles. The molecule has 0 aromatic carbocycles. The van der Waals surface area contributed by atoms with Crippen LogP contribution in [0.1, 0.15) is 6.92 Å². The molecule has 0 amide bonds. The van der Waals surface area contributed by atoms with Crippen LogP contribution in [0, 0.1) is 0 Å². The van der Waals surface area contributed by atoms with Gasteiger partial charge in [0.15, 0.2) is 5.56 Å². The lowest BCUT2D eigenvalue weighted by atomic mass is 10.0. The average molecular weight is 183 g/mol. The lowest BCUT2D eigenvalue weighted by Gasteiger charge is -2.36. The maximum Gasteiger partial charge on any atom is 0.160 e. The number of aliphatic hydroxyl groups excluding tert-OH is 3. The second-order valence-electron chi connectivity index (χ2n) is 2.66. The van der Waals surface area contributed by atoms with E-state index < -0.39 is 30.0 Å². The predicted octanol–water partition coefficient (Wildman–Crippen LogP) is -0.947. The van der Waals surface area contributed by atoms with Crippen LogP contribution in [0.25, 0.3) is 0 Å². The van der Waals surface area contributed by atoms with Gasteiger partial charge < -0.3 is 20.1 Å². The molecule has 3 N–H and O–H groups in total. The van der Waals surface area contributed by atoms with Crippen LogP contribution in [0.15, 0.2) is 0 Å². The van der Waals surface area contributed by atoms with Gasteiger partial charge in [0.05, 0.1) is 6.10 Å². The summed E-state index contributed by atoms with van der Waals surface area (Å²) in [4.78, 5) is 0. The van der Waals surface area contributed by atoms with E-state index in [-0.39, 0.29) is 0 Å². The van der Waals surface area contributed by atoms with Gasteiger partial charge in [0.1, 0.15) is 18.3 Å². The van der Waals surface area contributed by atoms with Crippen molar-refractivity contribution in [1.29, 1.82) is 0 Å². The zero-order valence-corrected chi connectivity index (χ0v) is 6.77. The third-order valence-corrected chi connectivity index (χ3v) is 2.15. The zero-order valence-electron chi connectivity index (χ0n) is 6.01. The fraction of sp³-hybridized carbons (Fsp3) is 1.00. The Morgan fingerprint density at radius 1 is 1.09 bits per heavy atom. The maximum absolute atomic E-state index is 9.14. The van der Waals surface area contributed by atoms with Gasteiger partial charge in [-0.1, -0.05) is 11.6 Å². The van der Waals surface area contributed by atoms with E-state index in [1.54, 1.807) is 6.92 Å². The molecule has 5 atom stereocenters. The molecule has 0 radical (unpaired) electrons. The molecule has 0 aromatic heterocycles. The molecule has 1 aliphatic rings. The van der Waals surface area contributed by atoms with Crippen LogP contribution in [0.4, 0.5) is 0 Å². The Morgan fingerprint density at radius 3 is 2.18 bits per heavy atom. The molecule has 5 unspecified atom stereocenters. The Morgan fingerprint density at radius 2 is 1.64 bits per heavy atom. The number of alkyl halides is 1. The molecule has 5 heteroatoms. The molecule has 1 fully saturated rings. The van der Waals surface area contributed by atoms with Gasteiger partial charge in [-0.05, 0) is 6.92 Å². The van der Waals surface area contributed by atoms with Crippen molar-refractivity contribution in [2.45, 2.75) is 36.9 Å². The van der Waals surface area contributed by atoms with Gasteiger partial charge in [0.25, 0.3) is 0 Å². The molecule has 0 aromatic rings. The van der Waals surface area contributed by atoms with Crippen LogP contribution in [-0.4, -0.2) is 45.3 Å². The molecule has 66 valence electrons. The van der Waals surface area contributed by atoms with Crippen LogP contribution in [0.2, 0.25) is 0 Å². The van der Waals surface area contributed by atoms with E-state index in [4.69, 9.17) is 31.7 Å². The van der Waals surface area contributed by atoms with E-state index >= 15 is 0 Å². The highest BCUT2D eigenvalue weighted by Crippen LogP contribution is 2.22. The molecule has 1 saturated heterocycles. The van der Waals surface area contributed by atoms with Crippen LogP contribution in [0.3, 0.4) is 0 Å². The first-order valence-corrected chi connectivity index (χ1v) is 3.81. The van der Waals surface area contributed by atoms with E-state index in [0.29, 0.717) is 0 Å². The van der Waals surface area contributed by atoms with E-state index in [2.05, 4.69) is 0 Å². The highest BCUT2D eigenvalue weighted by Gasteiger charge is 2.40. The molecule has 0 aliphatic carbocycles. The van der Waals surface area contributed by atoms with Crippen molar-refractivity contribution >= 4 is 11.6 Å². The molecule has 1 aliphatic heterocycles. The van der Waals surface area contributed by atoms with E-state index in [9.17, 15) is 0 Å². The van der Waals surface area contributed by atoms with Gasteiger partial charge in [-0.2, -0.15) is 0 Å². The Kier molecular flexibility index (Phi) is 2.72. The predicted molar refractivity (Wildman–Crippen MR) is 38.2 cm³/mol. The second-order valence-corrected chi connectivity index (χ2v) is 3.09. The Balaban J connectivity index is 2.63. The number of rotatable bonds is 0. The van der Waals surface area contributed by atoms with Gasteiger partial charge in [-0.15, -0.1) is 0 Å². The normalized spacial score (nSPS) is 52.6. The van der Waals surface area contributed by atoms with E-state index in [1.807, 2.05) is 0 Å². The molecule has 0 spiro atoms. The highest BCUT2D eigenvalue weighted by atomic mass is 35.5. The van der Waals surface area contributed by atoms with Crippen LogP contribution in [0.5, 0.6) is 0 Å². The first-order valence-electron chi connectivity index (χ1n) is 3.37. The van der Waals surface area contributed by atoms with Gasteiger partial charge in [0, 0.05) is 0 Å². The molecular weight excluding hydrogens is 172 g/mol. The fourth-order valence-corrected chi connectivity index (χ4v) is 1.31. The molecule has 11 heavy (non-hydrogen) atoms. The molecule has 1 heterocycles. The highest BCUT2D eigenvalue weighted by molar-refractivity contribution is 6.20. The minimum Gasteiger partial charge on any atom is -0.388 e. The number of hydrogen-bond donors (Lipinski definition) is 3. The number of ether oxygens (including phenoxy) is 1. The number of halogens is 1. The average Bonchev–Trinajstić information content (AvgIpc) is 1.97. The largest absolute Gasteiger partial charge is 0.388 e. The van der Waals surface area contributed by atoms with Crippen molar-refractivity contribution in [1.82, 2.24) is 0 Å². The van der Waals surface area contributed by atoms with E-state index in [0.717, 1.165) is 0 Å². The minimum absolute atomic E-state index is 0.545. The van der Waals surface area contributed by atoms with Crippen LogP contribution < -0.4 is 0 Å². The monoisotopic (exact) mass is 182 g/mol. The molecule has 0 bridgehead atoms. The third kappa shape index (κ3) is 1.65. The lowest BCUT2D eigenvalue weighted by Crippen LogP contribution is -2.54. The Bertz CT molecular complexity index is 129. The molecular formula is C6H11ClO4. The van der Waals surface area contributed by atoms with Crippen LogP contribution in [-0.2, 0) is 4.74 Å². The standard InChI is InChI=1S/C6H11ClO4/c1-2-3(8)4(9)5(10)6(7)11-2/h2-6,8-10H,1H3. The molecule has 1 rings (SSSR count). The van der Waals surface area contributed by atoms with Crippen molar-refractivity contribution < 1.29 is 20.1 Å². The van der Waals surface area contributed by atoms with Gasteiger partial charge in [-0.3, -0.25) is 0 Å². The van der Waals surface area contributed by atoms with Gasteiger partial charge in [0.2, 0.25) is 0 Å². The number of hydrogen-bond acceptors (Lipinski definition) is 4. The Labute approximate surface area is 69.4 Å².